The summed E-state index contributed by atoms with van der Waals surface area (Å²) >= 11 is 31.4. The number of methoxy groups -OCH3 is 1. The number of carbonyl (C=O) groups excluding carboxylic acids is 4. The Bertz CT molecular complexity index is 1520. The van der Waals surface area contributed by atoms with Crippen molar-refractivity contribution in [3.05, 3.63) is 91.9 Å². The first-order chi connectivity index (χ1) is 18.8. The first-order valence-corrected chi connectivity index (χ1v) is 13.7. The minimum atomic E-state index is -1.36. The highest BCUT2D eigenvalue weighted by Gasteiger charge is 2.67. The van der Waals surface area contributed by atoms with Crippen LogP contribution >= 0.6 is 58.0 Å². The molecule has 1 saturated carbocycles. The zero-order chi connectivity index (χ0) is 29.4. The van der Waals surface area contributed by atoms with Crippen LogP contribution in [0.3, 0.4) is 0 Å². The van der Waals surface area contributed by atoms with Gasteiger partial charge in [-0.2, -0.15) is 0 Å². The van der Waals surface area contributed by atoms with E-state index in [-0.39, 0.29) is 22.8 Å². The number of esters is 1. The maximum Gasteiger partial charge on any atom is 0.396 e. The summed E-state index contributed by atoms with van der Waals surface area (Å²) in [5.74, 6) is -3.97. The third kappa shape index (κ3) is 6.56. The number of rotatable bonds is 7. The van der Waals surface area contributed by atoms with Crippen LogP contribution in [0.5, 0.6) is 0 Å². The van der Waals surface area contributed by atoms with Crippen molar-refractivity contribution in [3.8, 4) is 0 Å². The van der Waals surface area contributed by atoms with Crippen LogP contribution in [0.15, 0.2) is 54.6 Å². The summed E-state index contributed by atoms with van der Waals surface area (Å²) in [6, 6.07) is 14.3. The smallest absolute Gasteiger partial charge is 0.396 e. The zero-order valence-corrected chi connectivity index (χ0v) is 24.8. The lowest BCUT2D eigenvalue weighted by Gasteiger charge is -2.11. The average Bonchev–Trinajstić information content (AvgIpc) is 3.47. The summed E-state index contributed by atoms with van der Waals surface area (Å²) in [4.78, 5) is 49.3. The van der Waals surface area contributed by atoms with E-state index in [1.807, 2.05) is 0 Å². The van der Waals surface area contributed by atoms with E-state index in [0.29, 0.717) is 38.1 Å². The second kappa shape index (κ2) is 12.0. The Kier molecular flexibility index (Phi) is 9.02. The fourth-order valence-electron chi connectivity index (χ4n) is 4.37. The van der Waals surface area contributed by atoms with Crippen LogP contribution in [0, 0.1) is 12.8 Å². The number of halogens is 5. The van der Waals surface area contributed by atoms with Gasteiger partial charge in [-0.25, -0.2) is 4.79 Å². The van der Waals surface area contributed by atoms with Gasteiger partial charge in [0, 0.05) is 39.3 Å². The van der Waals surface area contributed by atoms with E-state index in [1.165, 1.54) is 12.1 Å². The van der Waals surface area contributed by atoms with Gasteiger partial charge >= 0.3 is 11.9 Å². The minimum absolute atomic E-state index is 0.000870. The average molecular weight is 643 g/mol. The molecule has 0 bridgehead atoms. The number of hydrogen-bond acceptors (Lipinski definition) is 5. The molecule has 3 aromatic rings. The summed E-state index contributed by atoms with van der Waals surface area (Å²) in [5, 5.41) is 6.20. The maximum atomic E-state index is 13.2. The van der Waals surface area contributed by atoms with E-state index in [4.69, 9.17) is 58.0 Å². The Morgan fingerprint density at radius 3 is 2.12 bits per heavy atom. The fraction of sp³-hybridized carbons (Fsp3) is 0.214. The van der Waals surface area contributed by atoms with E-state index in [2.05, 4.69) is 15.4 Å². The van der Waals surface area contributed by atoms with Crippen LogP contribution in [0.2, 0.25) is 15.1 Å². The molecule has 208 valence electrons. The van der Waals surface area contributed by atoms with Crippen molar-refractivity contribution in [3.63, 3.8) is 0 Å². The molecule has 0 saturated heterocycles. The van der Waals surface area contributed by atoms with Crippen LogP contribution in [0.1, 0.15) is 33.0 Å². The Labute approximate surface area is 255 Å². The van der Waals surface area contributed by atoms with Crippen LogP contribution < -0.4 is 10.6 Å². The molecule has 1 aliphatic rings. The van der Waals surface area contributed by atoms with E-state index in [1.54, 1.807) is 49.4 Å². The van der Waals surface area contributed by atoms with Gasteiger partial charge in [-0.05, 0) is 72.1 Å². The van der Waals surface area contributed by atoms with Crippen molar-refractivity contribution in [1.82, 2.24) is 0 Å². The number of benzene rings is 3. The van der Waals surface area contributed by atoms with Gasteiger partial charge in [0.2, 0.25) is 5.91 Å². The molecule has 12 heteroatoms. The van der Waals surface area contributed by atoms with Gasteiger partial charge in [0.05, 0.1) is 18.1 Å². The van der Waals surface area contributed by atoms with E-state index < -0.39 is 34.0 Å². The third-order valence-electron chi connectivity index (χ3n) is 6.44. The van der Waals surface area contributed by atoms with Crippen LogP contribution in [-0.2, 0) is 25.5 Å². The van der Waals surface area contributed by atoms with Crippen molar-refractivity contribution in [2.75, 3.05) is 17.7 Å². The molecular formula is C28H21Cl5N2O5. The number of amides is 2. The first-order valence-electron chi connectivity index (χ1n) is 11.8. The maximum absolute atomic E-state index is 13.2. The van der Waals surface area contributed by atoms with E-state index in [0.717, 1.165) is 7.11 Å². The molecule has 2 atom stereocenters. The second-order valence-electron chi connectivity index (χ2n) is 9.20. The monoisotopic (exact) mass is 640 g/mol. The van der Waals surface area contributed by atoms with E-state index in [9.17, 15) is 19.2 Å². The standard InChI is InChI=1S/C28H21Cl5N2O5/c1-13-7-18(35-26(38)27(39)40-2)4-3-14(13)10-22(36)20-12-19(5-6-21(20)31)34-25(37)24-23(28(24,32)33)15-8-16(29)11-17(30)9-15/h3-9,11-12,23-24H,10H2,1-2H3,(H,34,37)(H,35,38). The third-order valence-corrected chi connectivity index (χ3v) is 8.14. The fourth-order valence-corrected chi connectivity index (χ4v) is 5.97. The van der Waals surface area contributed by atoms with Gasteiger partial charge in [0.15, 0.2) is 5.78 Å². The lowest BCUT2D eigenvalue weighted by atomic mass is 9.98. The molecule has 1 fully saturated rings. The molecule has 2 N–H and O–H groups in total. The van der Waals surface area contributed by atoms with E-state index >= 15 is 0 Å². The normalized spacial score (nSPS) is 17.1. The van der Waals surface area contributed by atoms with Crippen LogP contribution in [-0.4, -0.2) is 35.0 Å². The van der Waals surface area contributed by atoms with Gasteiger partial charge < -0.3 is 15.4 Å². The Balaban J connectivity index is 1.46. The topological polar surface area (TPSA) is 102 Å². The molecule has 0 heterocycles. The molecule has 2 amide bonds. The van der Waals surface area contributed by atoms with Crippen molar-refractivity contribution in [1.29, 1.82) is 0 Å². The predicted molar refractivity (Wildman–Crippen MR) is 157 cm³/mol. The van der Waals surface area contributed by atoms with Crippen molar-refractivity contribution >= 4 is 92.9 Å². The highest BCUT2D eigenvalue weighted by atomic mass is 35.5. The molecule has 0 spiro atoms. The number of nitrogens with one attached hydrogen (secondary N) is 2. The number of anilines is 2. The molecule has 0 aromatic heterocycles. The highest BCUT2D eigenvalue weighted by molar-refractivity contribution is 6.53. The van der Waals surface area contributed by atoms with Gasteiger partial charge in [-0.3, -0.25) is 14.4 Å². The number of hydrogen-bond donors (Lipinski definition) is 2. The SMILES string of the molecule is COC(=O)C(=O)Nc1ccc(CC(=O)c2cc(NC(=O)C3C(c4cc(Cl)cc(Cl)c4)C3(Cl)Cl)ccc2Cl)c(C)c1. The van der Waals surface area contributed by atoms with Crippen molar-refractivity contribution < 1.29 is 23.9 Å². The number of ketones is 1. The Hall–Kier alpha value is -2.81. The molecule has 0 radical (unpaired) electrons. The number of carbonyl (C=O) groups is 4. The largest absolute Gasteiger partial charge is 0.462 e. The summed E-state index contributed by atoms with van der Waals surface area (Å²) in [7, 11) is 1.11. The van der Waals surface area contributed by atoms with Gasteiger partial charge in [0.25, 0.3) is 0 Å². The van der Waals surface area contributed by atoms with Crippen LogP contribution in [0.25, 0.3) is 0 Å². The summed E-state index contributed by atoms with van der Waals surface area (Å²) in [6.45, 7) is 1.76. The zero-order valence-electron chi connectivity index (χ0n) is 21.0. The highest BCUT2D eigenvalue weighted by Crippen LogP contribution is 2.65. The summed E-state index contributed by atoms with van der Waals surface area (Å²) < 4.78 is 3.03. The molecule has 3 aromatic carbocycles. The number of aryl methyl sites for hydroxylation is 1. The number of Topliss-reactive ketones (excluding diaryl/α,β-unsaturated/α-hetero) is 1. The second-order valence-corrected chi connectivity index (χ2v) is 11.9. The minimum Gasteiger partial charge on any atom is -0.462 e. The number of alkyl halides is 2. The Morgan fingerprint density at radius 1 is 0.875 bits per heavy atom. The van der Waals surface area contributed by atoms with Gasteiger partial charge in [-0.15, -0.1) is 23.2 Å². The first kappa shape index (κ1) is 30.2. The Morgan fingerprint density at radius 2 is 1.50 bits per heavy atom. The van der Waals surface area contributed by atoms with Crippen molar-refractivity contribution in [2.45, 2.75) is 23.6 Å². The molecule has 0 aliphatic heterocycles. The molecule has 4 rings (SSSR count). The quantitative estimate of drug-likeness (QED) is 0.125. The van der Waals surface area contributed by atoms with Crippen molar-refractivity contribution in [2.24, 2.45) is 5.92 Å². The molecular weight excluding hydrogens is 622 g/mol. The molecule has 40 heavy (non-hydrogen) atoms. The summed E-state index contributed by atoms with van der Waals surface area (Å²) in [5.41, 5.74) is 2.95. The molecule has 7 nitrogen and oxygen atoms in total. The molecule has 2 unspecified atom stereocenters. The lowest BCUT2D eigenvalue weighted by molar-refractivity contribution is -0.150. The van der Waals surface area contributed by atoms with Crippen LogP contribution in [0.4, 0.5) is 11.4 Å². The predicted octanol–water partition coefficient (Wildman–Crippen LogP) is 7.02. The van der Waals surface area contributed by atoms with Gasteiger partial charge in [0.1, 0.15) is 4.33 Å². The summed E-state index contributed by atoms with van der Waals surface area (Å²) in [6.07, 6.45) is 0.000870. The number of ether oxygens (including phenoxy) is 1. The lowest BCUT2D eigenvalue weighted by Crippen LogP contribution is -2.23. The van der Waals surface area contributed by atoms with Gasteiger partial charge in [-0.1, -0.05) is 40.9 Å². The molecule has 1 aliphatic carbocycles.